The second-order valence-electron chi connectivity index (χ2n) is 8.48. The summed E-state index contributed by atoms with van der Waals surface area (Å²) in [4.78, 5) is 27.6. The van der Waals surface area contributed by atoms with Crippen LogP contribution in [0, 0.1) is 5.92 Å². The molecule has 1 aromatic carbocycles. The van der Waals surface area contributed by atoms with Gasteiger partial charge in [0, 0.05) is 25.2 Å². The van der Waals surface area contributed by atoms with Crippen LogP contribution in [0.1, 0.15) is 45.1 Å². The second-order valence-corrected chi connectivity index (χ2v) is 8.48. The highest BCUT2D eigenvalue weighted by molar-refractivity contribution is 5.88. The fourth-order valence-electron chi connectivity index (χ4n) is 4.36. The topological polar surface area (TPSA) is 70.7 Å². The Morgan fingerprint density at radius 1 is 1.25 bits per heavy atom. The molecule has 6 heteroatoms. The van der Waals surface area contributed by atoms with Gasteiger partial charge in [-0.15, -0.1) is 0 Å². The van der Waals surface area contributed by atoms with Gasteiger partial charge in [0.1, 0.15) is 5.75 Å². The Morgan fingerprint density at radius 3 is 2.75 bits per heavy atom. The zero-order chi connectivity index (χ0) is 20.1. The molecule has 2 unspecified atom stereocenters. The summed E-state index contributed by atoms with van der Waals surface area (Å²) in [6.07, 6.45) is 3.98. The number of nitrogens with one attached hydrogen (secondary N) is 2. The molecule has 1 aromatic rings. The molecular formula is C22H33N3O3. The number of rotatable bonds is 6. The van der Waals surface area contributed by atoms with Gasteiger partial charge in [0.25, 0.3) is 0 Å². The van der Waals surface area contributed by atoms with Gasteiger partial charge in [-0.25, -0.2) is 0 Å². The van der Waals surface area contributed by atoms with E-state index in [1.54, 1.807) is 7.11 Å². The maximum Gasteiger partial charge on any atom is 0.237 e. The monoisotopic (exact) mass is 387 g/mol. The summed E-state index contributed by atoms with van der Waals surface area (Å²) in [6, 6.07) is 7.68. The van der Waals surface area contributed by atoms with Crippen molar-refractivity contribution in [2.24, 2.45) is 5.92 Å². The summed E-state index contributed by atoms with van der Waals surface area (Å²) in [5.74, 6) is 1.25. The van der Waals surface area contributed by atoms with Gasteiger partial charge in [0.2, 0.25) is 11.8 Å². The molecule has 28 heavy (non-hydrogen) atoms. The van der Waals surface area contributed by atoms with Crippen molar-refractivity contribution in [1.82, 2.24) is 15.5 Å². The highest BCUT2D eigenvalue weighted by atomic mass is 16.5. The number of methoxy groups -OCH3 is 1. The van der Waals surface area contributed by atoms with E-state index in [4.69, 9.17) is 4.74 Å². The molecular weight excluding hydrogens is 354 g/mol. The van der Waals surface area contributed by atoms with Gasteiger partial charge in [-0.1, -0.05) is 18.2 Å². The fourth-order valence-corrected chi connectivity index (χ4v) is 4.36. The van der Waals surface area contributed by atoms with E-state index in [1.807, 2.05) is 43.0 Å². The van der Waals surface area contributed by atoms with Crippen LogP contribution in [-0.4, -0.2) is 56.0 Å². The second kappa shape index (κ2) is 8.95. The quantitative estimate of drug-likeness (QED) is 0.784. The van der Waals surface area contributed by atoms with Crippen LogP contribution in [0.4, 0.5) is 0 Å². The minimum absolute atomic E-state index is 0.0502. The van der Waals surface area contributed by atoms with E-state index >= 15 is 0 Å². The molecule has 0 aromatic heterocycles. The van der Waals surface area contributed by atoms with Crippen LogP contribution < -0.4 is 15.4 Å². The average molecular weight is 388 g/mol. The summed E-state index contributed by atoms with van der Waals surface area (Å²) in [5, 5.41) is 6.31. The minimum Gasteiger partial charge on any atom is -0.496 e. The maximum absolute atomic E-state index is 13.4. The number of carbonyl (C=O) groups is 2. The summed E-state index contributed by atoms with van der Waals surface area (Å²) in [5.41, 5.74) is 0.246. The third-order valence-electron chi connectivity index (χ3n) is 6.06. The van der Waals surface area contributed by atoms with Crippen LogP contribution in [0.25, 0.3) is 0 Å². The first-order chi connectivity index (χ1) is 13.4. The Bertz CT molecular complexity index is 698. The number of hydrogen-bond acceptors (Lipinski definition) is 4. The van der Waals surface area contributed by atoms with Crippen LogP contribution in [0.15, 0.2) is 24.3 Å². The minimum atomic E-state index is -0.661. The van der Waals surface area contributed by atoms with Crippen LogP contribution in [0.5, 0.6) is 5.75 Å². The van der Waals surface area contributed by atoms with Crippen molar-refractivity contribution in [3.05, 3.63) is 29.8 Å². The number of hydrogen-bond donors (Lipinski definition) is 2. The normalized spacial score (nSPS) is 22.8. The molecule has 0 bridgehead atoms. The van der Waals surface area contributed by atoms with Gasteiger partial charge in [0.15, 0.2) is 0 Å². The number of amides is 2. The molecule has 3 rings (SSSR count). The summed E-state index contributed by atoms with van der Waals surface area (Å²) >= 11 is 0. The summed E-state index contributed by atoms with van der Waals surface area (Å²) in [7, 11) is 1.64. The number of carbonyl (C=O) groups excluding carboxylic acids is 2. The van der Waals surface area contributed by atoms with Crippen LogP contribution >= 0.6 is 0 Å². The third kappa shape index (κ3) is 4.49. The smallest absolute Gasteiger partial charge is 0.237 e. The predicted octanol–water partition coefficient (Wildman–Crippen LogP) is 2.08. The van der Waals surface area contributed by atoms with Gasteiger partial charge in [-0.3, -0.25) is 9.59 Å². The molecule has 2 N–H and O–H groups in total. The van der Waals surface area contributed by atoms with Gasteiger partial charge in [-0.2, -0.15) is 0 Å². The molecule has 6 nitrogen and oxygen atoms in total. The fraction of sp³-hybridized carbons (Fsp3) is 0.636. The molecule has 2 amide bonds. The Kier molecular flexibility index (Phi) is 6.60. The molecule has 154 valence electrons. The molecule has 0 radical (unpaired) electrons. The zero-order valence-corrected chi connectivity index (χ0v) is 17.3. The van der Waals surface area contributed by atoms with E-state index in [-0.39, 0.29) is 17.9 Å². The number of likely N-dealkylation sites (tertiary alicyclic amines) is 1. The average Bonchev–Trinajstić information content (AvgIpc) is 3.26. The highest BCUT2D eigenvalue weighted by Gasteiger charge is 2.37. The van der Waals surface area contributed by atoms with Gasteiger partial charge in [-0.05, 0) is 58.1 Å². The van der Waals surface area contributed by atoms with E-state index < -0.39 is 5.41 Å². The Labute approximate surface area is 168 Å². The molecule has 2 fully saturated rings. The lowest BCUT2D eigenvalue weighted by molar-refractivity contribution is -0.138. The number of benzene rings is 1. The molecule has 2 aliphatic heterocycles. The molecule has 0 spiro atoms. The van der Waals surface area contributed by atoms with Crippen LogP contribution in [-0.2, 0) is 15.0 Å². The van der Waals surface area contributed by atoms with E-state index in [2.05, 4.69) is 10.6 Å². The first-order valence-electron chi connectivity index (χ1n) is 10.4. The Balaban J connectivity index is 1.61. The zero-order valence-electron chi connectivity index (χ0n) is 17.3. The lowest BCUT2D eigenvalue weighted by Gasteiger charge is -2.38. The molecule has 2 heterocycles. The lowest BCUT2D eigenvalue weighted by Crippen LogP contribution is -2.50. The van der Waals surface area contributed by atoms with Gasteiger partial charge < -0.3 is 20.3 Å². The molecule has 0 aliphatic carbocycles. The van der Waals surface area contributed by atoms with Crippen molar-refractivity contribution >= 4 is 11.8 Å². The van der Waals surface area contributed by atoms with E-state index in [9.17, 15) is 9.59 Å². The number of nitrogens with zero attached hydrogens (tertiary/aromatic N) is 1. The van der Waals surface area contributed by atoms with Gasteiger partial charge in [0.05, 0.1) is 18.6 Å². The van der Waals surface area contributed by atoms with Crippen molar-refractivity contribution in [1.29, 1.82) is 0 Å². The molecule has 0 saturated carbocycles. The summed E-state index contributed by atoms with van der Waals surface area (Å²) < 4.78 is 5.48. The number of para-hydroxylation sites is 1. The van der Waals surface area contributed by atoms with Crippen LogP contribution in [0.3, 0.4) is 0 Å². The van der Waals surface area contributed by atoms with Crippen molar-refractivity contribution in [2.75, 3.05) is 33.3 Å². The first kappa shape index (κ1) is 20.6. The molecule has 2 saturated heterocycles. The van der Waals surface area contributed by atoms with E-state index in [1.165, 1.54) is 0 Å². The van der Waals surface area contributed by atoms with Crippen molar-refractivity contribution in [2.45, 2.75) is 51.0 Å². The van der Waals surface area contributed by atoms with Crippen LogP contribution in [0.2, 0.25) is 0 Å². The molecule has 2 atom stereocenters. The Morgan fingerprint density at radius 2 is 2.04 bits per heavy atom. The third-order valence-corrected chi connectivity index (χ3v) is 6.06. The highest BCUT2D eigenvalue weighted by Crippen LogP contribution is 2.34. The van der Waals surface area contributed by atoms with E-state index in [0.29, 0.717) is 19.0 Å². The van der Waals surface area contributed by atoms with Crippen molar-refractivity contribution in [3.63, 3.8) is 0 Å². The Hall–Kier alpha value is -2.08. The first-order valence-corrected chi connectivity index (χ1v) is 10.4. The molecule has 2 aliphatic rings. The SMILES string of the molecule is COc1ccccc1C(C)(C)C(=O)N1CCCC(CNC(=O)C2CCCN2)C1. The summed E-state index contributed by atoms with van der Waals surface area (Å²) in [6.45, 7) is 6.94. The van der Waals surface area contributed by atoms with E-state index in [0.717, 1.165) is 50.1 Å². The standard InChI is InChI=1S/C22H33N3O3/c1-22(2,17-9-4-5-11-19(17)28-3)21(27)25-13-7-8-16(15-25)14-24-20(26)18-10-6-12-23-18/h4-5,9,11,16,18,23H,6-8,10,12-15H2,1-3H3,(H,24,26). The number of ether oxygens (including phenoxy) is 1. The maximum atomic E-state index is 13.4. The van der Waals surface area contributed by atoms with Gasteiger partial charge >= 0.3 is 0 Å². The largest absolute Gasteiger partial charge is 0.496 e. The van der Waals surface area contributed by atoms with Crippen molar-refractivity contribution < 1.29 is 14.3 Å². The predicted molar refractivity (Wildman–Crippen MR) is 109 cm³/mol. The lowest BCUT2D eigenvalue weighted by atomic mass is 9.81. The number of piperidine rings is 1. The van der Waals surface area contributed by atoms with Crippen molar-refractivity contribution in [3.8, 4) is 5.75 Å².